The van der Waals surface area contributed by atoms with Crippen LogP contribution in [-0.4, -0.2) is 11.5 Å². The van der Waals surface area contributed by atoms with E-state index in [4.69, 9.17) is 22.2 Å². The van der Waals surface area contributed by atoms with Crippen molar-refractivity contribution in [2.75, 3.05) is 22.5 Å². The van der Waals surface area contributed by atoms with E-state index in [1.165, 1.54) is 0 Å². The maximum absolute atomic E-state index is 13.6. The lowest BCUT2D eigenvalue weighted by atomic mass is 9.86. The number of nitrogens with zero attached hydrogens (tertiary/aromatic N) is 1. The van der Waals surface area contributed by atoms with Crippen LogP contribution in [0.1, 0.15) is 45.9 Å². The molecule has 3 aromatic rings. The summed E-state index contributed by atoms with van der Waals surface area (Å²) in [4.78, 5) is 18.7. The Balaban J connectivity index is 1.86. The first kappa shape index (κ1) is 26.7. The van der Waals surface area contributed by atoms with Gasteiger partial charge >= 0.3 is 0 Å². The lowest BCUT2D eigenvalue weighted by Crippen LogP contribution is -2.24. The Morgan fingerprint density at radius 1 is 0.684 bits per heavy atom. The van der Waals surface area contributed by atoms with E-state index in [0.29, 0.717) is 12.1 Å². The summed E-state index contributed by atoms with van der Waals surface area (Å²) in [5.41, 5.74) is 32.5. The predicted octanol–water partition coefficient (Wildman–Crippen LogP) is 6.49. The molecule has 0 spiro atoms. The largest absolute Gasteiger partial charge is 0.399 e. The minimum absolute atomic E-state index is 0.0344. The van der Waals surface area contributed by atoms with Gasteiger partial charge in [0.25, 0.3) is 0 Å². The Kier molecular flexibility index (Phi) is 7.18. The highest BCUT2D eigenvalue weighted by Crippen LogP contribution is 2.33. The SMILES string of the molecule is CC1=C(Cc2ccc(N)c(C)c2C)C(=O)C=C(Nc2ccc(N)c(C)c2C)C1=Nc1ccc(N)c(C)c1C. The number of allylic oxidation sites excluding steroid dienone is 3. The zero-order chi connectivity index (χ0) is 27.9. The number of ketones is 1. The number of carbonyl (C=O) groups is 1. The number of hydrogen-bond donors (Lipinski definition) is 4. The molecule has 0 heterocycles. The van der Waals surface area contributed by atoms with Crippen molar-refractivity contribution in [1.82, 2.24) is 0 Å². The van der Waals surface area contributed by atoms with Crippen LogP contribution in [0.15, 0.2) is 64.3 Å². The molecule has 0 radical (unpaired) electrons. The molecule has 0 unspecified atom stereocenters. The number of carbonyl (C=O) groups excluding carboxylic acids is 1. The van der Waals surface area contributed by atoms with Gasteiger partial charge in [-0.1, -0.05) is 6.07 Å². The van der Waals surface area contributed by atoms with Gasteiger partial charge in [0.1, 0.15) is 0 Å². The number of nitrogens with one attached hydrogen (secondary N) is 1. The minimum atomic E-state index is -0.0344. The average molecular weight is 508 g/mol. The van der Waals surface area contributed by atoms with Gasteiger partial charge in [-0.2, -0.15) is 0 Å². The van der Waals surface area contributed by atoms with Crippen LogP contribution in [0.4, 0.5) is 28.4 Å². The molecule has 6 nitrogen and oxygen atoms in total. The van der Waals surface area contributed by atoms with E-state index in [9.17, 15) is 4.79 Å². The van der Waals surface area contributed by atoms with Crippen LogP contribution in [0.3, 0.4) is 0 Å². The molecule has 0 atom stereocenters. The third kappa shape index (κ3) is 4.82. The van der Waals surface area contributed by atoms with Gasteiger partial charge in [0, 0.05) is 40.8 Å². The first-order valence-corrected chi connectivity index (χ1v) is 12.8. The molecule has 0 saturated heterocycles. The maximum atomic E-state index is 13.6. The van der Waals surface area contributed by atoms with Gasteiger partial charge in [0.15, 0.2) is 5.78 Å². The average Bonchev–Trinajstić information content (AvgIpc) is 2.88. The lowest BCUT2D eigenvalue weighted by Gasteiger charge is -2.24. The molecule has 6 heteroatoms. The summed E-state index contributed by atoms with van der Waals surface area (Å²) < 4.78 is 0. The van der Waals surface area contributed by atoms with E-state index < -0.39 is 0 Å². The molecule has 7 N–H and O–H groups in total. The number of benzene rings is 3. The van der Waals surface area contributed by atoms with E-state index in [0.717, 1.165) is 84.2 Å². The Morgan fingerprint density at radius 2 is 1.24 bits per heavy atom. The summed E-state index contributed by atoms with van der Waals surface area (Å²) in [6.45, 7) is 14.1. The monoisotopic (exact) mass is 507 g/mol. The van der Waals surface area contributed by atoms with Crippen LogP contribution in [0, 0.1) is 41.5 Å². The third-order valence-electron chi connectivity index (χ3n) is 8.08. The third-order valence-corrected chi connectivity index (χ3v) is 8.08. The Bertz CT molecular complexity index is 1570. The first-order valence-electron chi connectivity index (χ1n) is 12.8. The minimum Gasteiger partial charge on any atom is -0.399 e. The van der Waals surface area contributed by atoms with Crippen molar-refractivity contribution in [1.29, 1.82) is 0 Å². The molecule has 1 aliphatic carbocycles. The van der Waals surface area contributed by atoms with E-state index in [-0.39, 0.29) is 5.78 Å². The van der Waals surface area contributed by atoms with Gasteiger partial charge in [0.2, 0.25) is 0 Å². The van der Waals surface area contributed by atoms with Gasteiger partial charge in [-0.25, -0.2) is 4.99 Å². The van der Waals surface area contributed by atoms with Gasteiger partial charge in [0.05, 0.1) is 17.1 Å². The Hall–Kier alpha value is -4.32. The summed E-state index contributed by atoms with van der Waals surface area (Å²) in [5.74, 6) is -0.0344. The zero-order valence-electron chi connectivity index (χ0n) is 23.3. The number of nitrogens with two attached hydrogens (primary N) is 3. The quantitative estimate of drug-likeness (QED) is 0.232. The summed E-state index contributed by atoms with van der Waals surface area (Å²) in [7, 11) is 0. The molecule has 0 bridgehead atoms. The molecule has 0 aromatic heterocycles. The van der Waals surface area contributed by atoms with Crippen LogP contribution in [0.5, 0.6) is 0 Å². The van der Waals surface area contributed by atoms with E-state index in [1.54, 1.807) is 6.08 Å². The smallest absolute Gasteiger partial charge is 0.184 e. The molecule has 0 saturated carbocycles. The molecule has 196 valence electrons. The predicted molar refractivity (Wildman–Crippen MR) is 161 cm³/mol. The normalized spacial score (nSPS) is 14.8. The Morgan fingerprint density at radius 3 is 1.89 bits per heavy atom. The number of rotatable bonds is 5. The fraction of sp³-hybridized carbons (Fsp3) is 0.250. The molecule has 0 fully saturated rings. The molecule has 1 aliphatic rings. The van der Waals surface area contributed by atoms with Crippen molar-refractivity contribution >= 4 is 39.9 Å². The standard InChI is InChI=1S/C32H37N5O/c1-16-17(2)25(33)9-8-23(16)14-24-22(7)32(37-29-13-11-27(35)19(4)21(29)6)30(15-31(24)38)36-28-12-10-26(34)18(3)20(28)5/h8-13,15,36H,14,33-35H2,1-7H3. The fourth-order valence-corrected chi connectivity index (χ4v) is 4.75. The van der Waals surface area contributed by atoms with E-state index in [2.05, 4.69) is 12.2 Å². The lowest BCUT2D eigenvalue weighted by molar-refractivity contribution is -0.111. The van der Waals surface area contributed by atoms with Gasteiger partial charge in [-0.3, -0.25) is 4.79 Å². The van der Waals surface area contributed by atoms with Crippen LogP contribution in [0.2, 0.25) is 0 Å². The highest BCUT2D eigenvalue weighted by molar-refractivity contribution is 6.26. The van der Waals surface area contributed by atoms with Crippen LogP contribution < -0.4 is 22.5 Å². The topological polar surface area (TPSA) is 120 Å². The molecule has 0 amide bonds. The number of anilines is 4. The van der Waals surface area contributed by atoms with Gasteiger partial charge in [-0.05, 0) is 123 Å². The Labute approximate surface area is 225 Å². The first-order chi connectivity index (χ1) is 17.9. The molecular weight excluding hydrogens is 470 g/mol. The maximum Gasteiger partial charge on any atom is 0.184 e. The van der Waals surface area contributed by atoms with E-state index in [1.807, 2.05) is 77.9 Å². The van der Waals surface area contributed by atoms with Crippen molar-refractivity contribution < 1.29 is 4.79 Å². The van der Waals surface area contributed by atoms with E-state index >= 15 is 0 Å². The van der Waals surface area contributed by atoms with Crippen LogP contribution in [0.25, 0.3) is 0 Å². The molecule has 38 heavy (non-hydrogen) atoms. The van der Waals surface area contributed by atoms with Crippen LogP contribution in [-0.2, 0) is 11.2 Å². The molecule has 0 aliphatic heterocycles. The summed E-state index contributed by atoms with van der Waals surface area (Å²) in [6, 6.07) is 11.5. The number of aliphatic imine (C=N–C) groups is 1. The second kappa shape index (κ2) is 10.2. The van der Waals surface area contributed by atoms with Crippen molar-refractivity contribution in [3.63, 3.8) is 0 Å². The summed E-state index contributed by atoms with van der Waals surface area (Å²) in [6.07, 6.45) is 2.16. The molecule has 3 aromatic carbocycles. The van der Waals surface area contributed by atoms with Crippen LogP contribution >= 0.6 is 0 Å². The zero-order valence-corrected chi connectivity index (χ0v) is 23.3. The van der Waals surface area contributed by atoms with Crippen molar-refractivity contribution in [2.24, 2.45) is 4.99 Å². The number of nitrogen functional groups attached to an aromatic ring is 3. The fourth-order valence-electron chi connectivity index (χ4n) is 4.75. The molecular formula is C32H37N5O. The van der Waals surface area contributed by atoms with Gasteiger partial charge in [-0.15, -0.1) is 0 Å². The summed E-state index contributed by atoms with van der Waals surface area (Å²) in [5, 5.41) is 3.48. The summed E-state index contributed by atoms with van der Waals surface area (Å²) >= 11 is 0. The molecule has 4 rings (SSSR count). The van der Waals surface area contributed by atoms with Gasteiger partial charge < -0.3 is 22.5 Å². The van der Waals surface area contributed by atoms with Crippen molar-refractivity contribution in [3.05, 3.63) is 98.3 Å². The second-order valence-electron chi connectivity index (χ2n) is 10.2. The second-order valence-corrected chi connectivity index (χ2v) is 10.2. The highest BCUT2D eigenvalue weighted by Gasteiger charge is 2.26. The number of hydrogen-bond acceptors (Lipinski definition) is 6. The van der Waals surface area contributed by atoms with Crippen molar-refractivity contribution in [2.45, 2.75) is 54.9 Å². The van der Waals surface area contributed by atoms with Crippen molar-refractivity contribution in [3.8, 4) is 0 Å². The highest BCUT2D eigenvalue weighted by atomic mass is 16.1.